The van der Waals surface area contributed by atoms with Gasteiger partial charge in [0.1, 0.15) is 0 Å². The first-order valence-electron chi connectivity index (χ1n) is 4.78. The zero-order valence-corrected chi connectivity index (χ0v) is 7.68. The van der Waals surface area contributed by atoms with Crippen LogP contribution in [0.25, 0.3) is 0 Å². The van der Waals surface area contributed by atoms with Crippen molar-refractivity contribution >= 4 is 0 Å². The van der Waals surface area contributed by atoms with Gasteiger partial charge in [-0.1, -0.05) is 31.2 Å². The van der Waals surface area contributed by atoms with Crippen molar-refractivity contribution < 1.29 is 4.74 Å². The van der Waals surface area contributed by atoms with Crippen LogP contribution in [0.4, 0.5) is 0 Å². The fraction of sp³-hybridized carbons (Fsp3) is 0.667. The lowest BCUT2D eigenvalue weighted by Crippen LogP contribution is -2.34. The molecule has 0 saturated heterocycles. The van der Waals surface area contributed by atoms with E-state index < -0.39 is 0 Å². The average molecular weight is 180 g/mol. The topological polar surface area (TPSA) is 9.23 Å². The molecule has 1 heteroatoms. The molecule has 0 amide bonds. The molecule has 74 valence electrons. The minimum Gasteiger partial charge on any atom is -0.370 e. The Hall–Kier alpha value is -0.560. The first-order valence-corrected chi connectivity index (χ1v) is 4.78. The van der Waals surface area contributed by atoms with Crippen molar-refractivity contribution in [2.45, 2.75) is 45.6 Å². The average Bonchev–Trinajstić information content (AvgIpc) is 2.13. The van der Waals surface area contributed by atoms with Gasteiger partial charge in [-0.2, -0.15) is 0 Å². The molecule has 1 atom stereocenters. The molecule has 2 rings (SSSR count). The van der Waals surface area contributed by atoms with Gasteiger partial charge >= 0.3 is 0 Å². The lowest BCUT2D eigenvalue weighted by atomic mass is 9.84. The van der Waals surface area contributed by atoms with Gasteiger partial charge in [-0.25, -0.2) is 0 Å². The summed E-state index contributed by atoms with van der Waals surface area (Å²) in [4.78, 5) is 0. The van der Waals surface area contributed by atoms with E-state index in [1.54, 1.807) is 0 Å². The number of ether oxygens (including phenoxy) is 1. The van der Waals surface area contributed by atoms with Gasteiger partial charge in [0.15, 0.2) is 0 Å². The molecule has 1 aliphatic carbocycles. The smallest absolute Gasteiger partial charge is 0.0900 e. The highest BCUT2D eigenvalue weighted by molar-refractivity contribution is 5.16. The summed E-state index contributed by atoms with van der Waals surface area (Å²) in [6.07, 6.45) is 11.4. The highest BCUT2D eigenvalue weighted by Crippen LogP contribution is 2.33. The minimum absolute atomic E-state index is 0. The van der Waals surface area contributed by atoms with Gasteiger partial charge in [-0.05, 0) is 32.6 Å². The van der Waals surface area contributed by atoms with Crippen LogP contribution >= 0.6 is 0 Å². The zero-order chi connectivity index (χ0) is 8.44. The van der Waals surface area contributed by atoms with Crippen LogP contribution in [0.15, 0.2) is 23.8 Å². The van der Waals surface area contributed by atoms with E-state index in [-0.39, 0.29) is 13.0 Å². The summed E-state index contributed by atoms with van der Waals surface area (Å²) in [5.41, 5.74) is 1.60. The molecule has 13 heavy (non-hydrogen) atoms. The summed E-state index contributed by atoms with van der Waals surface area (Å²) in [5, 5.41) is 0. The third-order valence-corrected chi connectivity index (χ3v) is 2.83. The molecule has 0 bridgehead atoms. The van der Waals surface area contributed by atoms with E-state index in [9.17, 15) is 0 Å². The molecule has 0 aromatic carbocycles. The van der Waals surface area contributed by atoms with E-state index in [4.69, 9.17) is 4.74 Å². The van der Waals surface area contributed by atoms with Gasteiger partial charge in [0.25, 0.3) is 0 Å². The number of allylic oxidation sites excluding steroid dienone is 1. The Kier molecular flexibility index (Phi) is 3.32. The molecule has 2 aliphatic rings. The summed E-state index contributed by atoms with van der Waals surface area (Å²) in [6, 6.07) is 0. The van der Waals surface area contributed by atoms with Crippen molar-refractivity contribution in [3.05, 3.63) is 23.8 Å². The van der Waals surface area contributed by atoms with Crippen LogP contribution in [0, 0.1) is 0 Å². The summed E-state index contributed by atoms with van der Waals surface area (Å²) < 4.78 is 5.82. The Balaban J connectivity index is 0.000000845. The Labute approximate surface area is 81.5 Å². The maximum absolute atomic E-state index is 5.82. The predicted molar refractivity (Wildman–Crippen MR) is 56.8 cm³/mol. The molecule has 1 unspecified atom stereocenters. The first kappa shape index (κ1) is 10.5. The van der Waals surface area contributed by atoms with Crippen molar-refractivity contribution in [3.8, 4) is 0 Å². The maximum Gasteiger partial charge on any atom is 0.0900 e. The summed E-state index contributed by atoms with van der Waals surface area (Å²) in [7, 11) is 0. The maximum atomic E-state index is 5.82. The van der Waals surface area contributed by atoms with Crippen LogP contribution in [0.3, 0.4) is 0 Å². The van der Waals surface area contributed by atoms with Gasteiger partial charge in [0, 0.05) is 0 Å². The van der Waals surface area contributed by atoms with Crippen LogP contribution in [0.2, 0.25) is 0 Å². The van der Waals surface area contributed by atoms with Crippen molar-refractivity contribution in [1.29, 1.82) is 0 Å². The summed E-state index contributed by atoms with van der Waals surface area (Å²) in [5.74, 6) is 0. The molecule has 0 fully saturated rings. The number of hydrogen-bond acceptors (Lipinski definition) is 1. The first-order chi connectivity index (χ1) is 5.81. The molecule has 0 N–H and O–H groups in total. The van der Waals surface area contributed by atoms with Crippen LogP contribution in [0.1, 0.15) is 40.0 Å². The third-order valence-electron chi connectivity index (χ3n) is 2.83. The fourth-order valence-corrected chi connectivity index (χ4v) is 1.92. The van der Waals surface area contributed by atoms with Gasteiger partial charge in [0.2, 0.25) is 0 Å². The largest absolute Gasteiger partial charge is 0.370 e. The molecule has 1 aliphatic heterocycles. The van der Waals surface area contributed by atoms with Gasteiger partial charge in [-0.3, -0.25) is 0 Å². The summed E-state index contributed by atoms with van der Waals surface area (Å²) >= 11 is 0. The molecule has 0 aromatic rings. The van der Waals surface area contributed by atoms with Crippen LogP contribution < -0.4 is 0 Å². The lowest BCUT2D eigenvalue weighted by molar-refractivity contribution is -0.0208. The second kappa shape index (κ2) is 4.10. The van der Waals surface area contributed by atoms with Gasteiger partial charge < -0.3 is 4.74 Å². The second-order valence-corrected chi connectivity index (χ2v) is 3.86. The van der Waals surface area contributed by atoms with Crippen molar-refractivity contribution in [1.82, 2.24) is 0 Å². The molecule has 0 radical (unpaired) electrons. The highest BCUT2D eigenvalue weighted by Gasteiger charge is 2.30. The van der Waals surface area contributed by atoms with E-state index >= 15 is 0 Å². The van der Waals surface area contributed by atoms with E-state index in [1.165, 1.54) is 18.4 Å². The Morgan fingerprint density at radius 1 is 1.46 bits per heavy atom. The Morgan fingerprint density at radius 2 is 2.31 bits per heavy atom. The predicted octanol–water partition coefficient (Wildman–Crippen LogP) is 3.47. The van der Waals surface area contributed by atoms with Crippen LogP contribution in [-0.4, -0.2) is 12.2 Å². The van der Waals surface area contributed by atoms with Gasteiger partial charge in [0.05, 0.1) is 12.2 Å². The number of hydrogen-bond donors (Lipinski definition) is 0. The molecular formula is C12H20O. The van der Waals surface area contributed by atoms with Crippen molar-refractivity contribution in [2.24, 2.45) is 0 Å². The Bertz CT molecular complexity index is 227. The van der Waals surface area contributed by atoms with Gasteiger partial charge in [-0.15, -0.1) is 0 Å². The standard InChI is InChI=1S/C11H16O.CH4/c1-10-4-7-11(8-5-10)6-2-3-9-12-11;/h2,4,6H,3,5,7-9H2,1H3;1H4. The third kappa shape index (κ3) is 2.22. The quantitative estimate of drug-likeness (QED) is 0.519. The zero-order valence-electron chi connectivity index (χ0n) is 7.68. The molecule has 1 nitrogen and oxygen atoms in total. The normalized spacial score (nSPS) is 32.5. The monoisotopic (exact) mass is 180 g/mol. The second-order valence-electron chi connectivity index (χ2n) is 3.86. The number of rotatable bonds is 0. The SMILES string of the molecule is C.CC1=CCC2(C=CCCO2)CC1. The Morgan fingerprint density at radius 3 is 2.85 bits per heavy atom. The summed E-state index contributed by atoms with van der Waals surface area (Å²) in [6.45, 7) is 3.11. The molecule has 0 saturated carbocycles. The van der Waals surface area contributed by atoms with Crippen molar-refractivity contribution in [2.75, 3.05) is 6.61 Å². The minimum atomic E-state index is 0. The lowest BCUT2D eigenvalue weighted by Gasteiger charge is -2.35. The van der Waals surface area contributed by atoms with E-state index in [1.807, 2.05) is 0 Å². The fourth-order valence-electron chi connectivity index (χ4n) is 1.92. The molecule has 0 aromatic heterocycles. The highest BCUT2D eigenvalue weighted by atomic mass is 16.5. The van der Waals surface area contributed by atoms with E-state index in [0.717, 1.165) is 19.4 Å². The van der Waals surface area contributed by atoms with E-state index in [2.05, 4.69) is 25.2 Å². The molecular weight excluding hydrogens is 160 g/mol. The molecule has 1 heterocycles. The van der Waals surface area contributed by atoms with Crippen LogP contribution in [-0.2, 0) is 4.74 Å². The van der Waals surface area contributed by atoms with Crippen molar-refractivity contribution in [3.63, 3.8) is 0 Å². The molecule has 1 spiro atoms. The van der Waals surface area contributed by atoms with E-state index in [0.29, 0.717) is 0 Å². The van der Waals surface area contributed by atoms with Crippen LogP contribution in [0.5, 0.6) is 0 Å².